The third-order valence-electron chi connectivity index (χ3n) is 6.29. The van der Waals surface area contributed by atoms with E-state index in [9.17, 15) is 14.7 Å². The molecule has 3 N–H and O–H groups in total. The summed E-state index contributed by atoms with van der Waals surface area (Å²) < 4.78 is 0. The summed E-state index contributed by atoms with van der Waals surface area (Å²) in [5.74, 6) is 0.661. The number of carboxylic acid groups (broad SMARTS) is 1. The molecule has 2 amide bonds. The molecule has 0 fully saturated rings. The first-order chi connectivity index (χ1) is 17.8. The van der Waals surface area contributed by atoms with Gasteiger partial charge in [0, 0.05) is 60.6 Å². The molecule has 0 bridgehead atoms. The van der Waals surface area contributed by atoms with Crippen molar-refractivity contribution in [3.8, 4) is 0 Å². The van der Waals surface area contributed by atoms with Crippen LogP contribution in [0.15, 0.2) is 79.1 Å². The van der Waals surface area contributed by atoms with Gasteiger partial charge < -0.3 is 15.7 Å². The maximum Gasteiger partial charge on any atom is 0.412 e. The molecule has 3 heterocycles. The predicted octanol–water partition coefficient (Wildman–Crippen LogP) is 4.74. The molecule has 0 saturated carbocycles. The molecule has 0 aliphatic rings. The molecule has 9 heteroatoms. The van der Waals surface area contributed by atoms with Crippen LogP contribution in [0.2, 0.25) is 0 Å². The van der Waals surface area contributed by atoms with Crippen LogP contribution >= 0.6 is 0 Å². The lowest BCUT2D eigenvalue weighted by molar-refractivity contribution is 0.0992. The molecule has 5 rings (SSSR count). The van der Waals surface area contributed by atoms with Gasteiger partial charge in [0.15, 0.2) is 0 Å². The van der Waals surface area contributed by atoms with Gasteiger partial charge in [-0.15, -0.1) is 0 Å². The van der Waals surface area contributed by atoms with Gasteiger partial charge in [-0.3, -0.25) is 14.7 Å². The van der Waals surface area contributed by atoms with E-state index in [1.165, 1.54) is 7.05 Å². The lowest BCUT2D eigenvalue weighted by Crippen LogP contribution is -2.26. The van der Waals surface area contributed by atoms with Crippen molar-refractivity contribution in [2.24, 2.45) is 0 Å². The van der Waals surface area contributed by atoms with E-state index in [-0.39, 0.29) is 5.91 Å². The molecule has 0 spiro atoms. The predicted molar refractivity (Wildman–Crippen MR) is 144 cm³/mol. The van der Waals surface area contributed by atoms with Crippen LogP contribution in [-0.4, -0.2) is 46.2 Å². The number of aromatic nitrogens is 3. The van der Waals surface area contributed by atoms with Gasteiger partial charge in [0.1, 0.15) is 11.6 Å². The molecule has 0 saturated heterocycles. The molecule has 0 radical (unpaired) electrons. The lowest BCUT2D eigenvalue weighted by atomic mass is 10.0. The molecule has 0 aliphatic heterocycles. The first-order valence-electron chi connectivity index (χ1n) is 11.5. The number of anilines is 3. The molecule has 184 valence electrons. The summed E-state index contributed by atoms with van der Waals surface area (Å²) in [5.41, 5.74) is 9.68. The van der Waals surface area contributed by atoms with E-state index in [1.807, 2.05) is 48.5 Å². The SMILES string of the molecule is CN(C(=O)c1ccnc(Cc2ccc3nc(N(C)C(=O)O)ccc3c2)c1)c1ccc2c(N)nccc2c1. The minimum Gasteiger partial charge on any atom is -0.465 e. The Balaban J connectivity index is 1.36. The van der Waals surface area contributed by atoms with Crippen LogP contribution in [0.25, 0.3) is 21.7 Å². The van der Waals surface area contributed by atoms with Crippen molar-refractivity contribution in [3.63, 3.8) is 0 Å². The van der Waals surface area contributed by atoms with Crippen LogP contribution in [-0.2, 0) is 6.42 Å². The molecule has 9 nitrogen and oxygen atoms in total. The van der Waals surface area contributed by atoms with E-state index in [0.717, 1.165) is 38.0 Å². The van der Waals surface area contributed by atoms with Crippen LogP contribution in [0, 0.1) is 0 Å². The van der Waals surface area contributed by atoms with Crippen LogP contribution < -0.4 is 15.5 Å². The van der Waals surface area contributed by atoms with Crippen molar-refractivity contribution >= 4 is 51.0 Å². The number of nitrogen functional groups attached to an aromatic ring is 1. The fourth-order valence-electron chi connectivity index (χ4n) is 4.18. The zero-order valence-corrected chi connectivity index (χ0v) is 20.3. The number of nitrogens with zero attached hydrogens (tertiary/aromatic N) is 5. The third kappa shape index (κ3) is 4.74. The topological polar surface area (TPSA) is 126 Å². The monoisotopic (exact) mass is 492 g/mol. The van der Waals surface area contributed by atoms with E-state index < -0.39 is 6.09 Å². The molecule has 37 heavy (non-hydrogen) atoms. The van der Waals surface area contributed by atoms with Crippen molar-refractivity contribution in [1.29, 1.82) is 0 Å². The Kier molecular flexibility index (Phi) is 6.10. The van der Waals surface area contributed by atoms with Crippen molar-refractivity contribution in [2.75, 3.05) is 29.6 Å². The van der Waals surface area contributed by atoms with Crippen molar-refractivity contribution in [2.45, 2.75) is 6.42 Å². The third-order valence-corrected chi connectivity index (χ3v) is 6.29. The summed E-state index contributed by atoms with van der Waals surface area (Å²) in [5, 5.41) is 11.8. The molecule has 0 atom stereocenters. The molecule has 0 unspecified atom stereocenters. The summed E-state index contributed by atoms with van der Waals surface area (Å²) >= 11 is 0. The van der Waals surface area contributed by atoms with Gasteiger partial charge in [-0.1, -0.05) is 6.07 Å². The van der Waals surface area contributed by atoms with E-state index >= 15 is 0 Å². The highest BCUT2D eigenvalue weighted by Gasteiger charge is 2.16. The highest BCUT2D eigenvalue weighted by Crippen LogP contribution is 2.26. The standard InChI is InChI=1S/C28H24N6O3/c1-33(22-5-6-23-18(16-22)9-12-31-26(23)29)27(35)20-10-11-30-21(15-20)14-17-3-7-24-19(13-17)4-8-25(32-24)34(2)28(36)37/h3-13,15-16H,14H2,1-2H3,(H2,29,31)(H,36,37). The molecule has 5 aromatic rings. The van der Waals surface area contributed by atoms with Gasteiger partial charge >= 0.3 is 6.09 Å². The Morgan fingerprint density at radius 1 is 0.865 bits per heavy atom. The summed E-state index contributed by atoms with van der Waals surface area (Å²) in [6, 6.07) is 20.3. The summed E-state index contributed by atoms with van der Waals surface area (Å²) in [6.07, 6.45) is 2.74. The second-order valence-corrected chi connectivity index (χ2v) is 8.72. The normalized spacial score (nSPS) is 11.0. The van der Waals surface area contributed by atoms with Crippen LogP contribution in [0.5, 0.6) is 0 Å². The van der Waals surface area contributed by atoms with Crippen molar-refractivity contribution < 1.29 is 14.7 Å². The van der Waals surface area contributed by atoms with Crippen LogP contribution in [0.3, 0.4) is 0 Å². The number of amides is 2. The van der Waals surface area contributed by atoms with Crippen LogP contribution in [0.4, 0.5) is 22.1 Å². The fourth-order valence-corrected chi connectivity index (χ4v) is 4.18. The molecule has 2 aromatic carbocycles. The number of hydrogen-bond donors (Lipinski definition) is 2. The first-order valence-corrected chi connectivity index (χ1v) is 11.5. The number of carbonyl (C=O) groups excluding carboxylic acids is 1. The van der Waals surface area contributed by atoms with Gasteiger partial charge in [-0.2, -0.15) is 0 Å². The van der Waals surface area contributed by atoms with Crippen molar-refractivity contribution in [1.82, 2.24) is 15.0 Å². The Morgan fingerprint density at radius 3 is 2.49 bits per heavy atom. The molecular formula is C28H24N6O3. The zero-order valence-electron chi connectivity index (χ0n) is 20.3. The number of benzene rings is 2. The van der Waals surface area contributed by atoms with Gasteiger partial charge in [-0.25, -0.2) is 14.8 Å². The van der Waals surface area contributed by atoms with E-state index in [1.54, 1.807) is 42.5 Å². The number of hydrogen-bond acceptors (Lipinski definition) is 6. The summed E-state index contributed by atoms with van der Waals surface area (Å²) in [7, 11) is 3.19. The maximum absolute atomic E-state index is 13.3. The van der Waals surface area contributed by atoms with Crippen molar-refractivity contribution in [3.05, 3.63) is 95.9 Å². The second-order valence-electron chi connectivity index (χ2n) is 8.72. The van der Waals surface area contributed by atoms with Gasteiger partial charge in [0.05, 0.1) is 5.52 Å². The van der Waals surface area contributed by atoms with Gasteiger partial charge in [0.2, 0.25) is 0 Å². The van der Waals surface area contributed by atoms with E-state index in [4.69, 9.17) is 5.73 Å². The van der Waals surface area contributed by atoms with Gasteiger partial charge in [0.25, 0.3) is 5.91 Å². The Morgan fingerprint density at radius 2 is 1.68 bits per heavy atom. The number of carbonyl (C=O) groups is 2. The first kappa shape index (κ1) is 23.7. The Bertz CT molecular complexity index is 1670. The minimum atomic E-state index is -1.07. The number of pyridine rings is 3. The quantitative estimate of drug-likeness (QED) is 0.363. The smallest absolute Gasteiger partial charge is 0.412 e. The van der Waals surface area contributed by atoms with E-state index in [2.05, 4.69) is 15.0 Å². The average molecular weight is 493 g/mol. The Hall–Kier alpha value is -5.05. The minimum absolute atomic E-state index is 0.150. The zero-order chi connectivity index (χ0) is 26.1. The molecular weight excluding hydrogens is 468 g/mol. The van der Waals surface area contributed by atoms with E-state index in [0.29, 0.717) is 29.1 Å². The summed E-state index contributed by atoms with van der Waals surface area (Å²) in [6.45, 7) is 0. The molecule has 0 aliphatic carbocycles. The maximum atomic E-state index is 13.3. The van der Waals surface area contributed by atoms with Gasteiger partial charge in [-0.05, 0) is 71.6 Å². The average Bonchev–Trinajstić information content (AvgIpc) is 2.91. The number of rotatable bonds is 5. The highest BCUT2D eigenvalue weighted by molar-refractivity contribution is 6.07. The second kappa shape index (κ2) is 9.54. The fraction of sp³-hybridized carbons (Fsp3) is 0.107. The lowest BCUT2D eigenvalue weighted by Gasteiger charge is -2.18. The summed E-state index contributed by atoms with van der Waals surface area (Å²) in [4.78, 5) is 40.1. The largest absolute Gasteiger partial charge is 0.465 e. The van der Waals surface area contributed by atoms with Crippen LogP contribution in [0.1, 0.15) is 21.6 Å². The highest BCUT2D eigenvalue weighted by atomic mass is 16.4. The number of nitrogens with two attached hydrogens (primary N) is 1. The molecule has 3 aromatic heterocycles. The number of fused-ring (bicyclic) bond motifs is 2. The Labute approximate surface area is 212 Å².